The first-order valence-corrected chi connectivity index (χ1v) is 7.51. The van der Waals surface area contributed by atoms with Gasteiger partial charge in [0.05, 0.1) is 12.1 Å². The van der Waals surface area contributed by atoms with Crippen LogP contribution in [0.25, 0.3) is 0 Å². The van der Waals surface area contributed by atoms with Crippen molar-refractivity contribution in [3.63, 3.8) is 0 Å². The summed E-state index contributed by atoms with van der Waals surface area (Å²) >= 11 is 6.11. The van der Waals surface area contributed by atoms with E-state index in [9.17, 15) is 0 Å². The molecule has 1 aliphatic rings. The number of piperazine rings is 1. The molecule has 0 amide bonds. The highest BCUT2D eigenvalue weighted by Gasteiger charge is 2.12. The molecule has 0 bridgehead atoms. The van der Waals surface area contributed by atoms with Gasteiger partial charge in [0.1, 0.15) is 5.75 Å². The van der Waals surface area contributed by atoms with Crippen LogP contribution < -0.4 is 10.1 Å². The van der Waals surface area contributed by atoms with Gasteiger partial charge in [0.15, 0.2) is 0 Å². The normalized spacial score (nSPS) is 17.4. The molecule has 20 heavy (non-hydrogen) atoms. The van der Waals surface area contributed by atoms with Crippen LogP contribution in [0.2, 0.25) is 5.02 Å². The first kappa shape index (κ1) is 15.6. The molecule has 5 heteroatoms. The molecule has 0 atom stereocenters. The Morgan fingerprint density at radius 2 is 2.00 bits per heavy atom. The molecule has 2 rings (SSSR count). The van der Waals surface area contributed by atoms with E-state index in [2.05, 4.69) is 22.2 Å². The van der Waals surface area contributed by atoms with Crippen molar-refractivity contribution in [3.05, 3.63) is 28.8 Å². The van der Waals surface area contributed by atoms with Crippen LogP contribution in [0.3, 0.4) is 0 Å². The fourth-order valence-electron chi connectivity index (χ4n) is 2.36. The molecule has 1 saturated heterocycles. The lowest BCUT2D eigenvalue weighted by Crippen LogP contribution is -2.46. The van der Waals surface area contributed by atoms with Gasteiger partial charge in [0.25, 0.3) is 0 Å². The average molecular weight is 298 g/mol. The minimum Gasteiger partial charge on any atom is -0.495 e. The fraction of sp³-hybridized carbons (Fsp3) is 0.600. The van der Waals surface area contributed by atoms with Crippen molar-refractivity contribution in [3.8, 4) is 5.75 Å². The molecule has 0 aromatic heterocycles. The van der Waals surface area contributed by atoms with Crippen LogP contribution in [0.15, 0.2) is 18.2 Å². The van der Waals surface area contributed by atoms with Crippen molar-refractivity contribution < 1.29 is 4.74 Å². The van der Waals surface area contributed by atoms with Gasteiger partial charge in [0.2, 0.25) is 0 Å². The van der Waals surface area contributed by atoms with Crippen LogP contribution in [-0.2, 0) is 6.54 Å². The highest BCUT2D eigenvalue weighted by Crippen LogP contribution is 2.24. The van der Waals surface area contributed by atoms with Crippen LogP contribution in [0.5, 0.6) is 5.75 Å². The van der Waals surface area contributed by atoms with Crippen molar-refractivity contribution in [1.29, 1.82) is 0 Å². The smallest absolute Gasteiger partial charge is 0.137 e. The van der Waals surface area contributed by atoms with Gasteiger partial charge in [0, 0.05) is 45.8 Å². The Morgan fingerprint density at radius 3 is 2.65 bits per heavy atom. The van der Waals surface area contributed by atoms with Gasteiger partial charge in [-0.2, -0.15) is 0 Å². The molecule has 112 valence electrons. The third kappa shape index (κ3) is 4.63. The number of nitrogens with one attached hydrogen (secondary N) is 1. The first-order valence-electron chi connectivity index (χ1n) is 7.13. The molecule has 1 aromatic rings. The predicted molar refractivity (Wildman–Crippen MR) is 83.6 cm³/mol. The summed E-state index contributed by atoms with van der Waals surface area (Å²) in [5, 5.41) is 4.14. The molecule has 1 fully saturated rings. The number of halogens is 1. The number of benzene rings is 1. The molecule has 0 aliphatic carbocycles. The molecule has 1 N–H and O–H groups in total. The second-order valence-corrected chi connectivity index (χ2v) is 5.70. The van der Waals surface area contributed by atoms with Crippen molar-refractivity contribution >= 4 is 11.6 Å². The van der Waals surface area contributed by atoms with Crippen molar-refractivity contribution in [2.75, 3.05) is 53.4 Å². The predicted octanol–water partition coefficient (Wildman–Crippen LogP) is 1.69. The number of methoxy groups -OCH3 is 1. The number of nitrogens with zero attached hydrogens (tertiary/aromatic N) is 2. The summed E-state index contributed by atoms with van der Waals surface area (Å²) in [6.07, 6.45) is 0. The zero-order valence-electron chi connectivity index (χ0n) is 12.4. The average Bonchev–Trinajstić information content (AvgIpc) is 2.46. The Hall–Kier alpha value is -0.810. The van der Waals surface area contributed by atoms with Gasteiger partial charge in [-0.3, -0.25) is 4.90 Å². The highest BCUT2D eigenvalue weighted by atomic mass is 35.5. The Bertz CT molecular complexity index is 420. The molecular weight excluding hydrogens is 274 g/mol. The fourth-order valence-corrected chi connectivity index (χ4v) is 2.64. The van der Waals surface area contributed by atoms with Crippen molar-refractivity contribution in [1.82, 2.24) is 15.1 Å². The van der Waals surface area contributed by atoms with E-state index in [4.69, 9.17) is 16.3 Å². The zero-order chi connectivity index (χ0) is 14.4. The number of ether oxygens (including phenoxy) is 1. The summed E-state index contributed by atoms with van der Waals surface area (Å²) in [6.45, 7) is 7.66. The lowest BCUT2D eigenvalue weighted by atomic mass is 10.2. The van der Waals surface area contributed by atoms with Crippen LogP contribution in [0.4, 0.5) is 0 Å². The van der Waals surface area contributed by atoms with Crippen LogP contribution in [0.1, 0.15) is 5.56 Å². The standard InChI is InChI=1S/C15H24ClN3O/c1-18-7-9-19(10-8-18)6-5-17-12-13-3-4-15(20-2)14(16)11-13/h3-4,11,17H,5-10,12H2,1-2H3. The maximum absolute atomic E-state index is 6.11. The second-order valence-electron chi connectivity index (χ2n) is 5.29. The van der Waals surface area contributed by atoms with Crippen LogP contribution >= 0.6 is 11.6 Å². The van der Waals surface area contributed by atoms with E-state index in [0.29, 0.717) is 5.02 Å². The maximum atomic E-state index is 6.11. The summed E-state index contributed by atoms with van der Waals surface area (Å²) in [4.78, 5) is 4.89. The van der Waals surface area contributed by atoms with E-state index >= 15 is 0 Å². The zero-order valence-corrected chi connectivity index (χ0v) is 13.1. The summed E-state index contributed by atoms with van der Waals surface area (Å²) < 4.78 is 5.15. The van der Waals surface area contributed by atoms with Crippen LogP contribution in [-0.4, -0.2) is 63.2 Å². The van der Waals surface area contributed by atoms with E-state index in [0.717, 1.165) is 25.4 Å². The van der Waals surface area contributed by atoms with E-state index < -0.39 is 0 Å². The minimum atomic E-state index is 0.672. The number of likely N-dealkylation sites (N-methyl/N-ethyl adjacent to an activating group) is 1. The third-order valence-electron chi connectivity index (χ3n) is 3.75. The quantitative estimate of drug-likeness (QED) is 0.809. The first-order chi connectivity index (χ1) is 9.69. The van der Waals surface area contributed by atoms with Gasteiger partial charge >= 0.3 is 0 Å². The van der Waals surface area contributed by atoms with E-state index in [1.54, 1.807) is 7.11 Å². The summed E-state index contributed by atoms with van der Waals surface area (Å²) in [6, 6.07) is 5.93. The number of rotatable bonds is 6. The molecule has 0 saturated carbocycles. The monoisotopic (exact) mass is 297 g/mol. The number of hydrogen-bond donors (Lipinski definition) is 1. The molecule has 1 aromatic carbocycles. The van der Waals surface area contributed by atoms with E-state index in [1.807, 2.05) is 18.2 Å². The Morgan fingerprint density at radius 1 is 1.25 bits per heavy atom. The molecule has 0 radical (unpaired) electrons. The van der Waals surface area contributed by atoms with Gasteiger partial charge < -0.3 is 15.0 Å². The Balaban J connectivity index is 1.67. The summed E-state index contributed by atoms with van der Waals surface area (Å²) in [5.41, 5.74) is 1.19. The van der Waals surface area contributed by atoms with Gasteiger partial charge in [-0.1, -0.05) is 17.7 Å². The van der Waals surface area contributed by atoms with E-state index in [-0.39, 0.29) is 0 Å². The Kier molecular flexibility index (Phi) is 6.10. The maximum Gasteiger partial charge on any atom is 0.137 e. The molecule has 0 unspecified atom stereocenters. The SMILES string of the molecule is COc1ccc(CNCCN2CCN(C)CC2)cc1Cl. The molecule has 4 nitrogen and oxygen atoms in total. The van der Waals surface area contributed by atoms with Crippen molar-refractivity contribution in [2.45, 2.75) is 6.54 Å². The van der Waals surface area contributed by atoms with Gasteiger partial charge in [-0.15, -0.1) is 0 Å². The highest BCUT2D eigenvalue weighted by molar-refractivity contribution is 6.32. The summed E-state index contributed by atoms with van der Waals surface area (Å²) in [7, 11) is 3.82. The third-order valence-corrected chi connectivity index (χ3v) is 4.04. The van der Waals surface area contributed by atoms with Gasteiger partial charge in [-0.05, 0) is 24.7 Å². The Labute approximate surface area is 126 Å². The number of hydrogen-bond acceptors (Lipinski definition) is 4. The minimum absolute atomic E-state index is 0.672. The lowest BCUT2D eigenvalue weighted by molar-refractivity contribution is 0.154. The van der Waals surface area contributed by atoms with Crippen molar-refractivity contribution in [2.24, 2.45) is 0 Å². The molecule has 0 spiro atoms. The lowest BCUT2D eigenvalue weighted by Gasteiger charge is -2.32. The van der Waals surface area contributed by atoms with E-state index in [1.165, 1.54) is 31.7 Å². The van der Waals surface area contributed by atoms with Gasteiger partial charge in [-0.25, -0.2) is 0 Å². The largest absolute Gasteiger partial charge is 0.495 e. The second kappa shape index (κ2) is 7.84. The topological polar surface area (TPSA) is 27.7 Å². The molecule has 1 aliphatic heterocycles. The molecule has 1 heterocycles. The molecular formula is C15H24ClN3O. The van der Waals surface area contributed by atoms with Crippen LogP contribution in [0, 0.1) is 0 Å². The summed E-state index contributed by atoms with van der Waals surface area (Å²) in [5.74, 6) is 0.729.